The predicted molar refractivity (Wildman–Crippen MR) is 111 cm³/mol. The van der Waals surface area contributed by atoms with Gasteiger partial charge in [-0.25, -0.2) is 0 Å². The largest absolute Gasteiger partial charge is 0.497 e. The van der Waals surface area contributed by atoms with E-state index in [-0.39, 0.29) is 5.91 Å². The molecule has 152 valence electrons. The van der Waals surface area contributed by atoms with E-state index in [1.165, 1.54) is 5.56 Å². The highest BCUT2D eigenvalue weighted by atomic mass is 16.5. The third-order valence-corrected chi connectivity index (χ3v) is 4.26. The number of hydrogen-bond acceptors (Lipinski definition) is 4. The molecule has 28 heavy (non-hydrogen) atoms. The standard InChI is InChI=1S/C23H31NO4/c1-3-17-28-22-10-5-4-8-19(22)9-6-16-24-23(25)11-7-18-27-21-14-12-20(26-2)13-15-21/h4-5,8,10,12-15H,3,6-7,9,11,16-18H2,1-2H3,(H,24,25). The van der Waals surface area contributed by atoms with Crippen molar-refractivity contribution in [2.45, 2.75) is 39.0 Å². The molecular weight excluding hydrogens is 354 g/mol. The van der Waals surface area contributed by atoms with E-state index in [0.29, 0.717) is 26.0 Å². The maximum Gasteiger partial charge on any atom is 0.220 e. The zero-order chi connectivity index (χ0) is 20.0. The van der Waals surface area contributed by atoms with Crippen molar-refractivity contribution >= 4 is 5.91 Å². The molecule has 0 fully saturated rings. The Morgan fingerprint density at radius 1 is 0.929 bits per heavy atom. The number of benzene rings is 2. The zero-order valence-electron chi connectivity index (χ0n) is 16.9. The number of carbonyl (C=O) groups is 1. The van der Waals surface area contributed by atoms with E-state index in [0.717, 1.165) is 43.1 Å². The van der Waals surface area contributed by atoms with Crippen LogP contribution in [0.15, 0.2) is 48.5 Å². The van der Waals surface area contributed by atoms with E-state index >= 15 is 0 Å². The molecule has 2 aromatic carbocycles. The molecule has 0 radical (unpaired) electrons. The van der Waals surface area contributed by atoms with E-state index in [2.05, 4.69) is 18.3 Å². The first kappa shape index (κ1) is 21.6. The van der Waals surface area contributed by atoms with Crippen LogP contribution in [0.1, 0.15) is 38.2 Å². The van der Waals surface area contributed by atoms with Gasteiger partial charge in [-0.15, -0.1) is 0 Å². The molecule has 0 aliphatic heterocycles. The quantitative estimate of drug-likeness (QED) is 0.520. The third-order valence-electron chi connectivity index (χ3n) is 4.26. The fourth-order valence-corrected chi connectivity index (χ4v) is 2.75. The van der Waals surface area contributed by atoms with Gasteiger partial charge in [0.05, 0.1) is 20.3 Å². The molecule has 0 unspecified atom stereocenters. The molecule has 2 rings (SSSR count). The highest BCUT2D eigenvalue weighted by Crippen LogP contribution is 2.19. The number of amides is 1. The van der Waals surface area contributed by atoms with Crippen molar-refractivity contribution in [3.8, 4) is 17.2 Å². The van der Waals surface area contributed by atoms with Gasteiger partial charge in [0.15, 0.2) is 0 Å². The van der Waals surface area contributed by atoms with Gasteiger partial charge in [0.2, 0.25) is 5.91 Å². The summed E-state index contributed by atoms with van der Waals surface area (Å²) in [6, 6.07) is 15.5. The molecule has 0 aliphatic rings. The molecule has 5 heteroatoms. The van der Waals surface area contributed by atoms with E-state index < -0.39 is 0 Å². The Hall–Kier alpha value is -2.69. The van der Waals surface area contributed by atoms with Crippen LogP contribution in [0.3, 0.4) is 0 Å². The van der Waals surface area contributed by atoms with E-state index in [4.69, 9.17) is 14.2 Å². The molecule has 1 N–H and O–H groups in total. The molecule has 0 saturated carbocycles. The lowest BCUT2D eigenvalue weighted by Crippen LogP contribution is -2.25. The number of hydrogen-bond donors (Lipinski definition) is 1. The average molecular weight is 386 g/mol. The van der Waals surface area contributed by atoms with Crippen LogP contribution in [-0.2, 0) is 11.2 Å². The summed E-state index contributed by atoms with van der Waals surface area (Å²) in [5.74, 6) is 2.59. The van der Waals surface area contributed by atoms with Gasteiger partial charge in [0.1, 0.15) is 17.2 Å². The summed E-state index contributed by atoms with van der Waals surface area (Å²) < 4.78 is 16.5. The highest BCUT2D eigenvalue weighted by Gasteiger charge is 2.04. The van der Waals surface area contributed by atoms with Crippen molar-refractivity contribution in [1.29, 1.82) is 0 Å². The summed E-state index contributed by atoms with van der Waals surface area (Å²) in [7, 11) is 1.63. The van der Waals surface area contributed by atoms with Crippen LogP contribution in [0.2, 0.25) is 0 Å². The molecule has 0 heterocycles. The second-order valence-electron chi connectivity index (χ2n) is 6.54. The average Bonchev–Trinajstić information content (AvgIpc) is 2.74. The minimum absolute atomic E-state index is 0.0637. The zero-order valence-corrected chi connectivity index (χ0v) is 16.9. The van der Waals surface area contributed by atoms with Gasteiger partial charge in [0, 0.05) is 13.0 Å². The monoisotopic (exact) mass is 385 g/mol. The molecule has 0 aromatic heterocycles. The molecular formula is C23H31NO4. The lowest BCUT2D eigenvalue weighted by Gasteiger charge is -2.11. The number of nitrogens with one attached hydrogen (secondary N) is 1. The SMILES string of the molecule is CCCOc1ccccc1CCCNC(=O)CCCOc1ccc(OC)cc1. The topological polar surface area (TPSA) is 56.8 Å². The van der Waals surface area contributed by atoms with Gasteiger partial charge in [-0.3, -0.25) is 4.79 Å². The van der Waals surface area contributed by atoms with Crippen molar-refractivity contribution in [3.05, 3.63) is 54.1 Å². The number of methoxy groups -OCH3 is 1. The Balaban J connectivity index is 1.57. The summed E-state index contributed by atoms with van der Waals surface area (Å²) in [5.41, 5.74) is 1.19. The molecule has 5 nitrogen and oxygen atoms in total. The van der Waals surface area contributed by atoms with Gasteiger partial charge in [-0.05, 0) is 61.6 Å². The van der Waals surface area contributed by atoms with Crippen molar-refractivity contribution in [2.75, 3.05) is 26.9 Å². The Morgan fingerprint density at radius 2 is 1.68 bits per heavy atom. The first-order chi connectivity index (χ1) is 13.7. The first-order valence-electron chi connectivity index (χ1n) is 9.97. The summed E-state index contributed by atoms with van der Waals surface area (Å²) in [6.07, 6.45) is 3.92. The van der Waals surface area contributed by atoms with Gasteiger partial charge in [0.25, 0.3) is 0 Å². The maximum absolute atomic E-state index is 11.9. The first-order valence-corrected chi connectivity index (χ1v) is 9.97. The lowest BCUT2D eigenvalue weighted by atomic mass is 10.1. The Labute approximate surface area is 168 Å². The lowest BCUT2D eigenvalue weighted by molar-refractivity contribution is -0.121. The molecule has 1 amide bonds. The van der Waals surface area contributed by atoms with Gasteiger partial charge >= 0.3 is 0 Å². The van der Waals surface area contributed by atoms with Crippen LogP contribution in [0.4, 0.5) is 0 Å². The molecule has 0 spiro atoms. The second kappa shape index (κ2) is 12.7. The van der Waals surface area contributed by atoms with Crippen molar-refractivity contribution in [3.63, 3.8) is 0 Å². The molecule has 0 atom stereocenters. The fraction of sp³-hybridized carbons (Fsp3) is 0.435. The van der Waals surface area contributed by atoms with Gasteiger partial charge in [-0.1, -0.05) is 25.1 Å². The Bertz CT molecular complexity index is 700. The number of aryl methyl sites for hydroxylation is 1. The van der Waals surface area contributed by atoms with E-state index in [1.807, 2.05) is 42.5 Å². The van der Waals surface area contributed by atoms with Crippen LogP contribution in [0, 0.1) is 0 Å². The van der Waals surface area contributed by atoms with Gasteiger partial charge < -0.3 is 19.5 Å². The Kier molecular flexibility index (Phi) is 9.76. The van der Waals surface area contributed by atoms with Crippen molar-refractivity contribution < 1.29 is 19.0 Å². The summed E-state index contributed by atoms with van der Waals surface area (Å²) in [5, 5.41) is 2.98. The third kappa shape index (κ3) is 7.91. The van der Waals surface area contributed by atoms with Crippen molar-refractivity contribution in [1.82, 2.24) is 5.32 Å². The summed E-state index contributed by atoms with van der Waals surface area (Å²) in [6.45, 7) is 4.01. The maximum atomic E-state index is 11.9. The van der Waals surface area contributed by atoms with E-state index in [1.54, 1.807) is 7.11 Å². The summed E-state index contributed by atoms with van der Waals surface area (Å²) in [4.78, 5) is 11.9. The van der Waals surface area contributed by atoms with Crippen LogP contribution in [0.5, 0.6) is 17.2 Å². The highest BCUT2D eigenvalue weighted by molar-refractivity contribution is 5.75. The summed E-state index contributed by atoms with van der Waals surface area (Å²) >= 11 is 0. The van der Waals surface area contributed by atoms with Crippen LogP contribution < -0.4 is 19.5 Å². The van der Waals surface area contributed by atoms with Gasteiger partial charge in [-0.2, -0.15) is 0 Å². The Morgan fingerprint density at radius 3 is 2.43 bits per heavy atom. The molecule has 2 aromatic rings. The van der Waals surface area contributed by atoms with E-state index in [9.17, 15) is 4.79 Å². The number of carbonyl (C=O) groups excluding carboxylic acids is 1. The van der Waals surface area contributed by atoms with Crippen LogP contribution in [0.25, 0.3) is 0 Å². The molecule has 0 aliphatic carbocycles. The number of ether oxygens (including phenoxy) is 3. The van der Waals surface area contributed by atoms with Crippen LogP contribution >= 0.6 is 0 Å². The predicted octanol–water partition coefficient (Wildman–Crippen LogP) is 4.39. The fourth-order valence-electron chi connectivity index (χ4n) is 2.75. The minimum Gasteiger partial charge on any atom is -0.497 e. The van der Waals surface area contributed by atoms with Crippen LogP contribution in [-0.4, -0.2) is 32.8 Å². The smallest absolute Gasteiger partial charge is 0.220 e. The molecule has 0 saturated heterocycles. The second-order valence-corrected chi connectivity index (χ2v) is 6.54. The molecule has 0 bridgehead atoms. The number of para-hydroxylation sites is 1. The van der Waals surface area contributed by atoms with Crippen molar-refractivity contribution in [2.24, 2.45) is 0 Å². The normalized spacial score (nSPS) is 10.4. The number of rotatable bonds is 13. The minimum atomic E-state index is 0.0637.